The SMILES string of the molecule is O=C(CNc1cccc(F)c1)N1CCC[C@H]1c1ccc2c(c1)OCCCO2. The van der Waals surface area contributed by atoms with E-state index in [0.717, 1.165) is 42.9 Å². The molecule has 0 radical (unpaired) electrons. The van der Waals surface area contributed by atoms with Gasteiger partial charge in [-0.1, -0.05) is 12.1 Å². The number of fused-ring (bicyclic) bond motifs is 1. The summed E-state index contributed by atoms with van der Waals surface area (Å²) in [5.74, 6) is 1.20. The maximum Gasteiger partial charge on any atom is 0.242 e. The molecule has 0 spiro atoms. The standard InChI is InChI=1S/C21H23FN2O3/c22-16-4-1-5-17(13-16)23-14-21(25)24-9-2-6-18(24)15-7-8-19-20(12-15)27-11-3-10-26-19/h1,4-5,7-8,12-13,18,23H,2-3,6,9-11,14H2/t18-/m0/s1. The van der Waals surface area contributed by atoms with Crippen molar-refractivity contribution in [1.82, 2.24) is 4.90 Å². The van der Waals surface area contributed by atoms with Gasteiger partial charge in [-0.05, 0) is 48.7 Å². The molecule has 0 aliphatic carbocycles. The number of carbonyl (C=O) groups is 1. The zero-order valence-corrected chi connectivity index (χ0v) is 15.1. The lowest BCUT2D eigenvalue weighted by Gasteiger charge is -2.26. The summed E-state index contributed by atoms with van der Waals surface area (Å²) in [6.45, 7) is 2.17. The first-order valence-corrected chi connectivity index (χ1v) is 9.39. The number of hydrogen-bond donors (Lipinski definition) is 1. The molecule has 1 N–H and O–H groups in total. The minimum atomic E-state index is -0.321. The highest BCUT2D eigenvalue weighted by Gasteiger charge is 2.30. The predicted molar refractivity (Wildman–Crippen MR) is 101 cm³/mol. The fraction of sp³-hybridized carbons (Fsp3) is 0.381. The summed E-state index contributed by atoms with van der Waals surface area (Å²) in [7, 11) is 0. The Morgan fingerprint density at radius 1 is 1.11 bits per heavy atom. The maximum absolute atomic E-state index is 13.3. The Kier molecular flexibility index (Phi) is 5.14. The minimum Gasteiger partial charge on any atom is -0.490 e. The van der Waals surface area contributed by atoms with Crippen molar-refractivity contribution < 1.29 is 18.7 Å². The fourth-order valence-corrected chi connectivity index (χ4v) is 3.68. The van der Waals surface area contributed by atoms with Gasteiger partial charge in [0.1, 0.15) is 5.82 Å². The summed E-state index contributed by atoms with van der Waals surface area (Å²) in [6.07, 6.45) is 2.75. The largest absolute Gasteiger partial charge is 0.490 e. The number of nitrogens with zero attached hydrogens (tertiary/aromatic N) is 1. The van der Waals surface area contributed by atoms with Gasteiger partial charge in [-0.15, -0.1) is 0 Å². The summed E-state index contributed by atoms with van der Waals surface area (Å²) in [4.78, 5) is 14.6. The molecule has 2 aliphatic heterocycles. The highest BCUT2D eigenvalue weighted by atomic mass is 19.1. The van der Waals surface area contributed by atoms with E-state index >= 15 is 0 Å². The fourth-order valence-electron chi connectivity index (χ4n) is 3.68. The first-order chi connectivity index (χ1) is 13.2. The normalized spacial score (nSPS) is 18.9. The summed E-state index contributed by atoms with van der Waals surface area (Å²) in [5, 5.41) is 3.02. The van der Waals surface area contributed by atoms with Crippen LogP contribution < -0.4 is 14.8 Å². The van der Waals surface area contributed by atoms with Crippen LogP contribution in [0.1, 0.15) is 30.9 Å². The minimum absolute atomic E-state index is 0.00822. The van der Waals surface area contributed by atoms with E-state index in [0.29, 0.717) is 18.9 Å². The third kappa shape index (κ3) is 3.99. The Morgan fingerprint density at radius 3 is 2.81 bits per heavy atom. The highest BCUT2D eigenvalue weighted by molar-refractivity contribution is 5.81. The number of ether oxygens (including phenoxy) is 2. The van der Waals surface area contributed by atoms with Crippen LogP contribution >= 0.6 is 0 Å². The van der Waals surface area contributed by atoms with Gasteiger partial charge in [-0.2, -0.15) is 0 Å². The first kappa shape index (κ1) is 17.6. The number of amides is 1. The number of anilines is 1. The van der Waals surface area contributed by atoms with Crippen molar-refractivity contribution in [2.75, 3.05) is 31.6 Å². The highest BCUT2D eigenvalue weighted by Crippen LogP contribution is 2.37. The lowest BCUT2D eigenvalue weighted by Crippen LogP contribution is -2.35. The molecular weight excluding hydrogens is 347 g/mol. The molecule has 2 aromatic rings. The topological polar surface area (TPSA) is 50.8 Å². The van der Waals surface area contributed by atoms with Gasteiger partial charge in [0.25, 0.3) is 0 Å². The zero-order chi connectivity index (χ0) is 18.6. The molecule has 27 heavy (non-hydrogen) atoms. The van der Waals surface area contributed by atoms with Crippen LogP contribution in [0.25, 0.3) is 0 Å². The second kappa shape index (κ2) is 7.86. The van der Waals surface area contributed by atoms with Gasteiger partial charge in [-0.3, -0.25) is 4.79 Å². The number of nitrogens with one attached hydrogen (secondary N) is 1. The monoisotopic (exact) mass is 370 g/mol. The lowest BCUT2D eigenvalue weighted by atomic mass is 10.0. The Hall–Kier alpha value is -2.76. The van der Waals surface area contributed by atoms with Crippen LogP contribution in [0.2, 0.25) is 0 Å². The van der Waals surface area contributed by atoms with Gasteiger partial charge in [0, 0.05) is 18.7 Å². The second-order valence-corrected chi connectivity index (χ2v) is 6.87. The Balaban J connectivity index is 1.45. The lowest BCUT2D eigenvalue weighted by molar-refractivity contribution is -0.130. The molecule has 0 aromatic heterocycles. The Morgan fingerprint density at radius 2 is 1.96 bits per heavy atom. The second-order valence-electron chi connectivity index (χ2n) is 6.87. The molecule has 0 bridgehead atoms. The molecule has 6 heteroatoms. The van der Waals surface area contributed by atoms with Crippen molar-refractivity contribution >= 4 is 11.6 Å². The molecule has 2 aliphatic rings. The van der Waals surface area contributed by atoms with Crippen molar-refractivity contribution in [1.29, 1.82) is 0 Å². The molecule has 1 atom stereocenters. The molecule has 2 heterocycles. The van der Waals surface area contributed by atoms with Crippen LogP contribution in [0.3, 0.4) is 0 Å². The average molecular weight is 370 g/mol. The quantitative estimate of drug-likeness (QED) is 0.890. The molecule has 1 saturated heterocycles. The molecule has 0 saturated carbocycles. The maximum atomic E-state index is 13.3. The zero-order valence-electron chi connectivity index (χ0n) is 15.1. The van der Waals surface area contributed by atoms with Crippen molar-refractivity contribution in [3.63, 3.8) is 0 Å². The predicted octanol–water partition coefficient (Wildman–Crippen LogP) is 3.76. The van der Waals surface area contributed by atoms with Gasteiger partial charge < -0.3 is 19.7 Å². The summed E-state index contributed by atoms with van der Waals surface area (Å²) in [5.41, 5.74) is 1.67. The van der Waals surface area contributed by atoms with Crippen molar-refractivity contribution in [3.05, 3.63) is 53.8 Å². The number of hydrogen-bond acceptors (Lipinski definition) is 4. The number of rotatable bonds is 4. The summed E-state index contributed by atoms with van der Waals surface area (Å²) >= 11 is 0. The molecule has 4 rings (SSSR count). The van der Waals surface area contributed by atoms with Crippen molar-refractivity contribution in [2.45, 2.75) is 25.3 Å². The van der Waals surface area contributed by atoms with Gasteiger partial charge in [0.05, 0.1) is 25.8 Å². The Labute approximate surface area is 158 Å². The number of likely N-dealkylation sites (tertiary alicyclic amines) is 1. The van der Waals surface area contributed by atoms with E-state index < -0.39 is 0 Å². The van der Waals surface area contributed by atoms with E-state index in [4.69, 9.17) is 9.47 Å². The molecule has 1 fully saturated rings. The molecule has 5 nitrogen and oxygen atoms in total. The van der Waals surface area contributed by atoms with Crippen LogP contribution in [0.5, 0.6) is 11.5 Å². The van der Waals surface area contributed by atoms with Crippen LogP contribution in [0.4, 0.5) is 10.1 Å². The number of benzene rings is 2. The van der Waals surface area contributed by atoms with E-state index in [-0.39, 0.29) is 24.3 Å². The number of halogens is 1. The Bertz CT molecular complexity index is 827. The van der Waals surface area contributed by atoms with Crippen LogP contribution in [0.15, 0.2) is 42.5 Å². The van der Waals surface area contributed by atoms with E-state index in [1.807, 2.05) is 23.1 Å². The average Bonchev–Trinajstić information content (AvgIpc) is 3.05. The molecule has 1 amide bonds. The third-order valence-electron chi connectivity index (χ3n) is 5.00. The summed E-state index contributed by atoms with van der Waals surface area (Å²) in [6, 6.07) is 12.1. The van der Waals surface area contributed by atoms with Gasteiger partial charge in [0.15, 0.2) is 11.5 Å². The molecule has 142 valence electrons. The molecular formula is C21H23FN2O3. The van der Waals surface area contributed by atoms with Crippen molar-refractivity contribution in [2.24, 2.45) is 0 Å². The van der Waals surface area contributed by atoms with E-state index in [1.54, 1.807) is 12.1 Å². The van der Waals surface area contributed by atoms with Crippen LogP contribution in [0, 0.1) is 5.82 Å². The van der Waals surface area contributed by atoms with E-state index in [1.165, 1.54) is 12.1 Å². The van der Waals surface area contributed by atoms with Gasteiger partial charge in [-0.25, -0.2) is 4.39 Å². The van der Waals surface area contributed by atoms with Gasteiger partial charge in [0.2, 0.25) is 5.91 Å². The number of carbonyl (C=O) groups excluding carboxylic acids is 1. The van der Waals surface area contributed by atoms with Crippen molar-refractivity contribution in [3.8, 4) is 11.5 Å². The third-order valence-corrected chi connectivity index (χ3v) is 5.00. The smallest absolute Gasteiger partial charge is 0.242 e. The molecule has 0 unspecified atom stereocenters. The van der Waals surface area contributed by atoms with Crippen LogP contribution in [-0.4, -0.2) is 37.1 Å². The van der Waals surface area contributed by atoms with E-state index in [2.05, 4.69) is 5.32 Å². The van der Waals surface area contributed by atoms with Gasteiger partial charge >= 0.3 is 0 Å². The molecule has 2 aromatic carbocycles. The van der Waals surface area contributed by atoms with Crippen LogP contribution in [-0.2, 0) is 4.79 Å². The summed E-state index contributed by atoms with van der Waals surface area (Å²) < 4.78 is 24.8. The first-order valence-electron chi connectivity index (χ1n) is 9.39. The van der Waals surface area contributed by atoms with E-state index in [9.17, 15) is 9.18 Å².